The number of carboxylic acid groups (broad SMARTS) is 1. The molecule has 2 aromatic rings. The summed E-state index contributed by atoms with van der Waals surface area (Å²) in [6.45, 7) is 0. The molecule has 1 aromatic carbocycles. The zero-order valence-electron chi connectivity index (χ0n) is 8.11. The van der Waals surface area contributed by atoms with Crippen LogP contribution in [-0.4, -0.2) is 11.0 Å². The number of carboxylic acids is 1. The molecule has 5 heteroatoms. The Bertz CT molecular complexity index is 562. The third-order valence-corrected chi connectivity index (χ3v) is 2.03. The topological polar surface area (TPSA) is 73.0 Å². The van der Waals surface area contributed by atoms with E-state index in [1.807, 2.05) is 0 Å². The monoisotopic (exact) mass is 195 g/mol. The molecule has 0 amide bonds. The van der Waals surface area contributed by atoms with Crippen LogP contribution in [0.1, 0.15) is 10.4 Å². The number of rotatable bonds is 1. The molecule has 0 unspecified atom stereocenters. The van der Waals surface area contributed by atoms with E-state index < -0.39 is 5.97 Å². The van der Waals surface area contributed by atoms with Gasteiger partial charge in [0.25, 0.3) is 5.56 Å². The molecule has 0 saturated carbocycles. The van der Waals surface area contributed by atoms with Gasteiger partial charge >= 0.3 is 18.9 Å². The number of hydrogen-bond donors (Lipinski definition) is 1. The Morgan fingerprint density at radius 1 is 1.20 bits per heavy atom. The first-order chi connectivity index (χ1) is 6.70. The van der Waals surface area contributed by atoms with Gasteiger partial charge in [-0.25, -0.2) is 0 Å². The molecule has 1 N–H and O–H groups in total. The SMILES string of the molecule is O=C([O-])c1c[nH]c(=O)c2ccccc12.[Li+]. The van der Waals surface area contributed by atoms with E-state index in [1.54, 1.807) is 24.3 Å². The first-order valence-electron chi connectivity index (χ1n) is 4.02. The molecule has 0 bridgehead atoms. The van der Waals surface area contributed by atoms with Crippen LogP contribution < -0.4 is 29.5 Å². The van der Waals surface area contributed by atoms with E-state index in [9.17, 15) is 14.7 Å². The van der Waals surface area contributed by atoms with Gasteiger partial charge < -0.3 is 14.9 Å². The molecule has 2 rings (SSSR count). The van der Waals surface area contributed by atoms with Gasteiger partial charge in [-0.2, -0.15) is 0 Å². The minimum atomic E-state index is -1.29. The number of pyridine rings is 1. The van der Waals surface area contributed by atoms with Crippen LogP contribution in [0.4, 0.5) is 0 Å². The molecule has 70 valence electrons. The third kappa shape index (κ3) is 1.96. The second-order valence-electron chi connectivity index (χ2n) is 2.86. The van der Waals surface area contributed by atoms with Gasteiger partial charge in [-0.1, -0.05) is 18.2 Å². The number of aromatic carboxylic acids is 1. The van der Waals surface area contributed by atoms with Crippen molar-refractivity contribution < 1.29 is 28.8 Å². The van der Waals surface area contributed by atoms with Crippen molar-refractivity contribution in [3.05, 3.63) is 46.4 Å². The van der Waals surface area contributed by atoms with Crippen LogP contribution in [0.3, 0.4) is 0 Å². The maximum atomic E-state index is 11.3. The number of aromatic nitrogens is 1. The van der Waals surface area contributed by atoms with E-state index in [-0.39, 0.29) is 30.0 Å². The summed E-state index contributed by atoms with van der Waals surface area (Å²) in [6, 6.07) is 6.50. The number of fused-ring (bicyclic) bond motifs is 1. The number of aromatic amines is 1. The van der Waals surface area contributed by atoms with Crippen LogP contribution in [0.2, 0.25) is 0 Å². The Hall–Kier alpha value is -1.50. The second kappa shape index (κ2) is 4.35. The fourth-order valence-electron chi connectivity index (χ4n) is 1.38. The Morgan fingerprint density at radius 2 is 1.80 bits per heavy atom. The minimum Gasteiger partial charge on any atom is -0.545 e. The van der Waals surface area contributed by atoms with Crippen LogP contribution >= 0.6 is 0 Å². The summed E-state index contributed by atoms with van der Waals surface area (Å²) in [7, 11) is 0. The number of nitrogens with one attached hydrogen (secondary N) is 1. The number of benzene rings is 1. The van der Waals surface area contributed by atoms with Crippen LogP contribution in [-0.2, 0) is 0 Å². The van der Waals surface area contributed by atoms with E-state index in [0.29, 0.717) is 10.8 Å². The number of H-pyrrole nitrogens is 1. The fourth-order valence-corrected chi connectivity index (χ4v) is 1.38. The van der Waals surface area contributed by atoms with Gasteiger partial charge in [0.15, 0.2) is 0 Å². The van der Waals surface area contributed by atoms with E-state index in [2.05, 4.69) is 4.98 Å². The van der Waals surface area contributed by atoms with Crippen molar-refractivity contribution in [1.82, 2.24) is 4.98 Å². The number of carbonyl (C=O) groups excluding carboxylic acids is 1. The van der Waals surface area contributed by atoms with Gasteiger partial charge in [0.2, 0.25) is 0 Å². The van der Waals surface area contributed by atoms with Gasteiger partial charge in [0.05, 0.1) is 5.97 Å². The van der Waals surface area contributed by atoms with Crippen LogP contribution in [0.15, 0.2) is 35.3 Å². The van der Waals surface area contributed by atoms with Gasteiger partial charge in [0, 0.05) is 17.1 Å². The zero-order chi connectivity index (χ0) is 10.1. The number of hydrogen-bond acceptors (Lipinski definition) is 3. The molecular formula is C10H6LiNO3. The Kier molecular flexibility index (Phi) is 3.35. The standard InChI is InChI=1S/C10H7NO3.Li/c12-9-7-4-2-1-3-6(7)8(5-11-9)10(13)14;/h1-5H,(H,11,12)(H,13,14);/q;+1/p-1. The summed E-state index contributed by atoms with van der Waals surface area (Å²) in [4.78, 5) is 24.3. The summed E-state index contributed by atoms with van der Waals surface area (Å²) in [5.41, 5.74) is -0.300. The molecule has 0 aliphatic heterocycles. The molecule has 0 aliphatic carbocycles. The van der Waals surface area contributed by atoms with Crippen molar-refractivity contribution in [1.29, 1.82) is 0 Å². The molecule has 0 fully saturated rings. The number of carbonyl (C=O) groups is 1. The van der Waals surface area contributed by atoms with E-state index in [0.717, 1.165) is 6.20 Å². The van der Waals surface area contributed by atoms with Crippen molar-refractivity contribution in [2.75, 3.05) is 0 Å². The van der Waals surface area contributed by atoms with Crippen LogP contribution in [0, 0.1) is 0 Å². The third-order valence-electron chi connectivity index (χ3n) is 2.03. The van der Waals surface area contributed by atoms with E-state index in [1.165, 1.54) is 0 Å². The van der Waals surface area contributed by atoms with E-state index >= 15 is 0 Å². The smallest absolute Gasteiger partial charge is 0.545 e. The molecule has 15 heavy (non-hydrogen) atoms. The molecule has 0 spiro atoms. The average Bonchev–Trinajstić information content (AvgIpc) is 2.18. The average molecular weight is 195 g/mol. The van der Waals surface area contributed by atoms with Gasteiger partial charge in [-0.05, 0) is 11.5 Å². The van der Waals surface area contributed by atoms with E-state index in [4.69, 9.17) is 0 Å². The van der Waals surface area contributed by atoms with Crippen molar-refractivity contribution in [3.8, 4) is 0 Å². The Morgan fingerprint density at radius 3 is 2.40 bits per heavy atom. The summed E-state index contributed by atoms with van der Waals surface area (Å²) in [6.07, 6.45) is 1.15. The summed E-state index contributed by atoms with van der Waals surface area (Å²) in [5.74, 6) is -1.29. The predicted octanol–water partition coefficient (Wildman–Crippen LogP) is -3.10. The molecule has 0 atom stereocenters. The van der Waals surface area contributed by atoms with Crippen LogP contribution in [0.25, 0.3) is 10.8 Å². The molecule has 1 aromatic heterocycles. The summed E-state index contributed by atoms with van der Waals surface area (Å²) >= 11 is 0. The van der Waals surface area contributed by atoms with Crippen molar-refractivity contribution >= 4 is 16.7 Å². The van der Waals surface area contributed by atoms with Crippen molar-refractivity contribution in [2.24, 2.45) is 0 Å². The molecule has 4 nitrogen and oxygen atoms in total. The van der Waals surface area contributed by atoms with Crippen LogP contribution in [0.5, 0.6) is 0 Å². The minimum absolute atomic E-state index is 0. The first kappa shape index (κ1) is 11.6. The summed E-state index contributed by atoms with van der Waals surface area (Å²) in [5, 5.41) is 11.4. The molecule has 1 heterocycles. The van der Waals surface area contributed by atoms with Crippen molar-refractivity contribution in [2.45, 2.75) is 0 Å². The first-order valence-corrected chi connectivity index (χ1v) is 4.02. The molecule has 0 saturated heterocycles. The maximum absolute atomic E-state index is 11.3. The maximum Gasteiger partial charge on any atom is 1.00 e. The molecule has 0 aliphatic rings. The zero-order valence-corrected chi connectivity index (χ0v) is 8.11. The predicted molar refractivity (Wildman–Crippen MR) is 48.9 cm³/mol. The second-order valence-corrected chi connectivity index (χ2v) is 2.86. The van der Waals surface area contributed by atoms with Gasteiger partial charge in [-0.3, -0.25) is 4.79 Å². The quantitative estimate of drug-likeness (QED) is 0.490. The van der Waals surface area contributed by atoms with Crippen molar-refractivity contribution in [3.63, 3.8) is 0 Å². The molecule has 0 radical (unpaired) electrons. The largest absolute Gasteiger partial charge is 1.00 e. The van der Waals surface area contributed by atoms with Gasteiger partial charge in [0.1, 0.15) is 0 Å². The molecular weight excluding hydrogens is 189 g/mol. The summed E-state index contributed by atoms with van der Waals surface area (Å²) < 4.78 is 0. The Labute approximate surface area is 97.1 Å². The van der Waals surface area contributed by atoms with Gasteiger partial charge in [-0.15, -0.1) is 0 Å². The normalized spacial score (nSPS) is 9.60. The Balaban J connectivity index is 0.00000112. The fraction of sp³-hybridized carbons (Fsp3) is 0.